The second-order valence-electron chi connectivity index (χ2n) is 13.1. The van der Waals surface area contributed by atoms with Crippen LogP contribution in [-0.2, 0) is 10.2 Å². The summed E-state index contributed by atoms with van der Waals surface area (Å²) in [5.41, 5.74) is -1.91. The predicted octanol–water partition coefficient (Wildman–Crippen LogP) is 8.35. The number of carboxylic acid groups (broad SMARTS) is 1. The number of carboxylic acids is 1. The minimum absolute atomic E-state index is 0.00623. The van der Waals surface area contributed by atoms with Gasteiger partial charge in [0.1, 0.15) is 34.4 Å². The molecule has 3 aromatic carbocycles. The van der Waals surface area contributed by atoms with Crippen LogP contribution in [0.5, 0.6) is 5.75 Å². The van der Waals surface area contributed by atoms with Crippen LogP contribution < -0.4 is 9.64 Å². The van der Waals surface area contributed by atoms with Crippen LogP contribution in [0.15, 0.2) is 67.3 Å². The van der Waals surface area contributed by atoms with Gasteiger partial charge in [-0.2, -0.15) is 5.26 Å². The average molecular weight is 683 g/mol. The Bertz CT molecular complexity index is 1790. The minimum Gasteiger partial charge on any atom is -0.496 e. The third-order valence-electron chi connectivity index (χ3n) is 9.15. The van der Waals surface area contributed by atoms with Gasteiger partial charge in [-0.1, -0.05) is 68.2 Å². The smallest absolute Gasteiger partial charge is 0.339 e. The molecule has 1 amide bonds. The lowest BCUT2D eigenvalue weighted by atomic mass is 9.62. The summed E-state index contributed by atoms with van der Waals surface area (Å²) >= 11 is 12.5. The Morgan fingerprint density at radius 2 is 1.89 bits per heavy atom. The first-order chi connectivity index (χ1) is 22.2. The molecule has 0 aliphatic carbocycles. The number of benzene rings is 3. The van der Waals surface area contributed by atoms with Crippen molar-refractivity contribution in [3.05, 3.63) is 106 Å². The molecule has 0 spiro atoms. The van der Waals surface area contributed by atoms with Gasteiger partial charge in [-0.3, -0.25) is 14.6 Å². The molecule has 0 radical (unpaired) electrons. The van der Waals surface area contributed by atoms with Crippen LogP contribution in [0.4, 0.5) is 14.5 Å². The highest BCUT2D eigenvalue weighted by molar-refractivity contribution is 6.31. The monoisotopic (exact) mass is 681 g/mol. The van der Waals surface area contributed by atoms with Crippen LogP contribution in [0.2, 0.25) is 10.0 Å². The molecule has 2 heterocycles. The lowest BCUT2D eigenvalue weighted by molar-refractivity contribution is -0.119. The van der Waals surface area contributed by atoms with Crippen molar-refractivity contribution in [3.63, 3.8) is 0 Å². The van der Waals surface area contributed by atoms with E-state index in [4.69, 9.17) is 27.9 Å². The third-order valence-corrected chi connectivity index (χ3v) is 9.68. The molecule has 2 fully saturated rings. The Hall–Kier alpha value is -3.97. The van der Waals surface area contributed by atoms with Crippen molar-refractivity contribution in [3.8, 4) is 11.8 Å². The summed E-state index contributed by atoms with van der Waals surface area (Å²) in [5, 5.41) is 20.9. The number of carbonyl (C=O) groups is 2. The minimum atomic E-state index is -1.77. The fourth-order valence-electron chi connectivity index (χ4n) is 7.39. The Morgan fingerprint density at radius 1 is 1.17 bits per heavy atom. The first-order valence-corrected chi connectivity index (χ1v) is 15.9. The highest BCUT2D eigenvalue weighted by Gasteiger charge is 2.69. The van der Waals surface area contributed by atoms with Gasteiger partial charge in [-0.15, -0.1) is 6.58 Å². The predicted molar refractivity (Wildman–Crippen MR) is 177 cm³/mol. The van der Waals surface area contributed by atoms with E-state index in [9.17, 15) is 20.0 Å². The molecule has 1 N–H and O–H groups in total. The molecule has 2 aliphatic heterocycles. The molecule has 2 aliphatic rings. The maximum Gasteiger partial charge on any atom is 0.339 e. The lowest BCUT2D eigenvalue weighted by Crippen LogP contribution is -2.52. The summed E-state index contributed by atoms with van der Waals surface area (Å²) in [6, 6.07) is 13.3. The molecule has 0 bridgehead atoms. The van der Waals surface area contributed by atoms with Gasteiger partial charge < -0.3 is 9.84 Å². The van der Waals surface area contributed by atoms with Crippen molar-refractivity contribution in [1.82, 2.24) is 4.90 Å². The summed E-state index contributed by atoms with van der Waals surface area (Å²) in [7, 11) is 1.34. The number of aromatic carboxylic acids is 1. The van der Waals surface area contributed by atoms with Crippen LogP contribution in [0.25, 0.3) is 0 Å². The molecule has 246 valence electrons. The number of rotatable bonds is 9. The number of nitrogens with zero attached hydrogens (tertiary/aromatic N) is 3. The SMILES string of the molecule is C=CCC[C@@H]1N(c2ccc(C(=O)O)c(OC)c2)C(=O)[C@H]2[C@H](c3cccc(Cl)c3F)[C@@](C#N)(c3ccc(Cl)cc3F)[C@H](CC(C)(C)C)N12. The van der Waals surface area contributed by atoms with Gasteiger partial charge in [0.25, 0.3) is 0 Å². The van der Waals surface area contributed by atoms with E-state index >= 15 is 8.78 Å². The number of carbonyl (C=O) groups excluding carboxylic acids is 1. The molecule has 0 aromatic heterocycles. The molecular weight excluding hydrogens is 647 g/mol. The number of anilines is 1. The molecule has 5 atom stereocenters. The van der Waals surface area contributed by atoms with Crippen molar-refractivity contribution in [2.75, 3.05) is 12.0 Å². The number of hydrogen-bond acceptors (Lipinski definition) is 5. The number of nitriles is 1. The normalized spacial score (nSPS) is 24.2. The van der Waals surface area contributed by atoms with E-state index in [1.807, 2.05) is 25.7 Å². The highest BCUT2D eigenvalue weighted by Crippen LogP contribution is 2.60. The number of fused-ring (bicyclic) bond motifs is 1. The van der Waals surface area contributed by atoms with Crippen molar-refractivity contribution >= 4 is 40.8 Å². The Kier molecular flexibility index (Phi) is 9.44. The Labute approximate surface area is 282 Å². The number of hydrogen-bond donors (Lipinski definition) is 1. The summed E-state index contributed by atoms with van der Waals surface area (Å²) < 4.78 is 37.8. The van der Waals surface area contributed by atoms with Gasteiger partial charge >= 0.3 is 5.97 Å². The van der Waals surface area contributed by atoms with Gasteiger partial charge in [0.2, 0.25) is 5.91 Å². The lowest BCUT2D eigenvalue weighted by Gasteiger charge is -2.42. The molecule has 2 saturated heterocycles. The van der Waals surface area contributed by atoms with Gasteiger partial charge in [0.15, 0.2) is 0 Å². The zero-order valence-corrected chi connectivity index (χ0v) is 27.9. The average Bonchev–Trinajstić information content (AvgIpc) is 3.45. The Balaban J connectivity index is 1.86. The zero-order valence-electron chi connectivity index (χ0n) is 26.4. The van der Waals surface area contributed by atoms with Crippen LogP contribution in [-0.4, -0.2) is 47.2 Å². The van der Waals surface area contributed by atoms with E-state index in [2.05, 4.69) is 12.6 Å². The Morgan fingerprint density at radius 3 is 2.49 bits per heavy atom. The van der Waals surface area contributed by atoms with Crippen molar-refractivity contribution < 1.29 is 28.2 Å². The highest BCUT2D eigenvalue weighted by atomic mass is 35.5. The molecule has 11 heteroatoms. The van der Waals surface area contributed by atoms with E-state index < -0.39 is 58.5 Å². The topological polar surface area (TPSA) is 93.9 Å². The number of methoxy groups -OCH3 is 1. The van der Waals surface area contributed by atoms with E-state index in [1.165, 1.54) is 49.6 Å². The van der Waals surface area contributed by atoms with E-state index in [-0.39, 0.29) is 32.5 Å². The summed E-state index contributed by atoms with van der Waals surface area (Å²) in [4.78, 5) is 30.3. The standard InChI is InChI=1S/C36H35Cl2F2N3O4/c1-6-7-11-29-42(21-13-14-22(34(45)46)27(17-21)47-5)33(44)32-30(23-9-8-10-25(38)31(23)40)36(19-41,24-15-12-20(37)16-26(24)39)28(43(29)32)18-35(2,3)4/h6,8-10,12-17,28-30,32H,1,7,11,18H2,2-5H3,(H,45,46)/t28-,29+,30-,32+,36-/m0/s1. The van der Waals surface area contributed by atoms with Gasteiger partial charge in [-0.25, -0.2) is 13.6 Å². The third kappa shape index (κ3) is 5.77. The maximum absolute atomic E-state index is 16.2. The van der Waals surface area contributed by atoms with Crippen molar-refractivity contribution in [2.24, 2.45) is 5.41 Å². The van der Waals surface area contributed by atoms with Crippen molar-refractivity contribution in [2.45, 2.75) is 69.6 Å². The number of ether oxygens (including phenoxy) is 1. The zero-order chi connectivity index (χ0) is 34.4. The number of halogens is 4. The summed E-state index contributed by atoms with van der Waals surface area (Å²) in [6.45, 7) is 9.83. The van der Waals surface area contributed by atoms with Gasteiger partial charge in [-0.05, 0) is 60.6 Å². The van der Waals surface area contributed by atoms with E-state index in [0.29, 0.717) is 24.9 Å². The summed E-state index contributed by atoms with van der Waals surface area (Å²) in [6.07, 6.45) is 2.17. The molecule has 0 unspecified atom stereocenters. The number of amides is 1. The fourth-order valence-corrected chi connectivity index (χ4v) is 7.73. The van der Waals surface area contributed by atoms with Crippen LogP contribution >= 0.6 is 23.2 Å². The van der Waals surface area contributed by atoms with Crippen molar-refractivity contribution in [1.29, 1.82) is 5.26 Å². The molecule has 47 heavy (non-hydrogen) atoms. The molecule has 3 aromatic rings. The van der Waals surface area contributed by atoms with E-state index in [0.717, 1.165) is 6.07 Å². The molecular formula is C36H35Cl2F2N3O4. The van der Waals surface area contributed by atoms with Gasteiger partial charge in [0.05, 0.1) is 24.4 Å². The fraction of sp³-hybridized carbons (Fsp3) is 0.361. The van der Waals surface area contributed by atoms with Crippen LogP contribution in [0.3, 0.4) is 0 Å². The van der Waals surface area contributed by atoms with E-state index in [1.54, 1.807) is 17.0 Å². The first-order valence-electron chi connectivity index (χ1n) is 15.1. The summed E-state index contributed by atoms with van der Waals surface area (Å²) in [5.74, 6) is -4.36. The van der Waals surface area contributed by atoms with Crippen LogP contribution in [0, 0.1) is 28.4 Å². The first kappa shape index (κ1) is 34.4. The largest absolute Gasteiger partial charge is 0.496 e. The van der Waals surface area contributed by atoms with Crippen LogP contribution in [0.1, 0.15) is 67.4 Å². The number of allylic oxidation sites excluding steroid dienone is 1. The second-order valence-corrected chi connectivity index (χ2v) is 14.0. The molecule has 5 rings (SSSR count). The second kappa shape index (κ2) is 12.9. The maximum atomic E-state index is 16.2. The molecule has 7 nitrogen and oxygen atoms in total. The molecule has 0 saturated carbocycles. The quantitative estimate of drug-likeness (QED) is 0.228. The van der Waals surface area contributed by atoms with Gasteiger partial charge in [0, 0.05) is 34.3 Å².